The number of rotatable bonds is 56. The first-order valence-electron chi connectivity index (χ1n) is 46.7. The van der Waals surface area contributed by atoms with E-state index >= 15 is 0 Å². The van der Waals surface area contributed by atoms with Crippen molar-refractivity contribution in [3.63, 3.8) is 0 Å². The number of hydrazine groups is 6. The van der Waals surface area contributed by atoms with Crippen molar-refractivity contribution in [3.8, 4) is 34.5 Å². The SMILES string of the molecule is CN(C)CC1=CN(Cc2cc(CN3C=C(CN(C)C)NN3)cc(OCc3cc(COc4cc(Cn5cc(CN(C)C)nn5)cc(Cn5cc(CN(C)C)nn5)c4)cc(OCC=CCCC=CCCC=CCOc4cc(COc5cc(CN6C=C(CN(C)C)NN6)cc(Cn6cc(CN(C)C)nn6)c5)cc(COc5cc(Cn6cc(CN(C)C)nn6)cc(Cn6cc(CN(C)C)nn6)c5)c4)c3)c2)NN1. The molecule has 0 radical (unpaired) electrons. The van der Waals surface area contributed by atoms with Crippen LogP contribution in [0.4, 0.5) is 0 Å². The molecule has 14 rings (SSSR count). The zero-order valence-electron chi connectivity index (χ0n) is 82.9. The second-order valence-corrected chi connectivity index (χ2v) is 37.8. The molecule has 0 fully saturated rings. The van der Waals surface area contributed by atoms with Crippen molar-refractivity contribution in [3.05, 3.63) is 308 Å². The van der Waals surface area contributed by atoms with Crippen molar-refractivity contribution in [2.45, 2.75) is 137 Å². The first-order valence-corrected chi connectivity index (χ1v) is 46.7. The van der Waals surface area contributed by atoms with Crippen LogP contribution in [0.5, 0.6) is 34.5 Å². The lowest BCUT2D eigenvalue weighted by molar-refractivity contribution is 0.255. The molecule has 38 heteroatoms. The zero-order chi connectivity index (χ0) is 96.8. The van der Waals surface area contributed by atoms with Gasteiger partial charge >= 0.3 is 0 Å². The quantitative estimate of drug-likeness (QED) is 0.0153. The monoisotopic (exact) mass is 1880 g/mol. The second kappa shape index (κ2) is 50.1. The number of benzene rings is 6. The average molecular weight is 1880 g/mol. The molecule has 38 nitrogen and oxygen atoms in total. The Morgan fingerprint density at radius 1 is 0.232 bits per heavy atom. The largest absolute Gasteiger partial charge is 0.490 e. The van der Waals surface area contributed by atoms with Gasteiger partial charge in [0.25, 0.3) is 0 Å². The van der Waals surface area contributed by atoms with Crippen LogP contribution in [-0.4, -0.2) is 275 Å². The van der Waals surface area contributed by atoms with E-state index < -0.39 is 0 Å². The highest BCUT2D eigenvalue weighted by atomic mass is 16.5. The van der Waals surface area contributed by atoms with Crippen molar-refractivity contribution in [1.29, 1.82) is 0 Å². The first kappa shape index (κ1) is 101. The topological polar surface area (TPSA) is 317 Å². The number of aromatic nitrogens is 15. The van der Waals surface area contributed by atoms with Crippen molar-refractivity contribution in [2.24, 2.45) is 0 Å². The molecule has 0 atom stereocenters. The summed E-state index contributed by atoms with van der Waals surface area (Å²) in [5, 5.41) is 50.9. The summed E-state index contributed by atoms with van der Waals surface area (Å²) in [6.07, 6.45) is 32.8. The number of unbranched alkanes of at least 4 members (excludes halogenated alkanes) is 2. The van der Waals surface area contributed by atoms with Crippen LogP contribution >= 0.6 is 0 Å². The fourth-order valence-corrected chi connectivity index (χ4v) is 16.2. The van der Waals surface area contributed by atoms with Crippen LogP contribution < -0.4 is 61.3 Å². The van der Waals surface area contributed by atoms with Gasteiger partial charge in [0, 0.05) is 71.0 Å². The third-order valence-electron chi connectivity index (χ3n) is 21.5. The van der Waals surface area contributed by atoms with E-state index in [2.05, 4.69) is 334 Å². The summed E-state index contributed by atoms with van der Waals surface area (Å²) < 4.78 is 49.8. The molecule has 0 unspecified atom stereocenters. The number of hydrogen-bond donors (Lipinski definition) is 6. The number of ether oxygens (including phenoxy) is 6. The van der Waals surface area contributed by atoms with Gasteiger partial charge in [0.1, 0.15) is 74.1 Å². The van der Waals surface area contributed by atoms with Gasteiger partial charge in [0.15, 0.2) is 0 Å². The zero-order valence-corrected chi connectivity index (χ0v) is 82.9. The molecular weight excluding hydrogens is 1750 g/mol. The Kier molecular flexibility index (Phi) is 36.5. The highest BCUT2D eigenvalue weighted by molar-refractivity contribution is 5.42. The second-order valence-electron chi connectivity index (χ2n) is 37.8. The van der Waals surface area contributed by atoms with E-state index in [4.69, 9.17) is 28.4 Å². The molecule has 6 N–H and O–H groups in total. The van der Waals surface area contributed by atoms with Crippen LogP contribution in [-0.2, 0) is 112 Å². The van der Waals surface area contributed by atoms with E-state index in [1.54, 1.807) is 0 Å². The fraction of sp³-hybridized carbons (Fsp3) is 0.420. The number of nitrogens with one attached hydrogen (secondary N) is 6. The van der Waals surface area contributed by atoms with E-state index in [1.807, 2.05) is 136 Å². The van der Waals surface area contributed by atoms with E-state index in [0.717, 1.165) is 169 Å². The fourth-order valence-electron chi connectivity index (χ4n) is 16.2. The number of hydrogen-bond acceptors (Lipinski definition) is 33. The molecule has 0 saturated heterocycles. The predicted octanol–water partition coefficient (Wildman–Crippen LogP) is 8.88. The molecule has 0 bridgehead atoms. The Morgan fingerprint density at radius 3 is 0.652 bits per heavy atom. The van der Waals surface area contributed by atoms with E-state index in [-0.39, 0.29) is 26.4 Å². The van der Waals surface area contributed by atoms with Crippen LogP contribution in [0.1, 0.15) is 121 Å². The Hall–Kier alpha value is -13.4. The maximum atomic E-state index is 6.84. The van der Waals surface area contributed by atoms with Gasteiger partial charge in [-0.2, -0.15) is 0 Å². The normalized spacial score (nSPS) is 13.6. The molecule has 11 aromatic rings. The van der Waals surface area contributed by atoms with E-state index in [9.17, 15) is 0 Å². The van der Waals surface area contributed by atoms with Crippen molar-refractivity contribution in [1.82, 2.24) is 162 Å². The molecule has 3 aliphatic rings. The summed E-state index contributed by atoms with van der Waals surface area (Å²) in [4.78, 5) is 16.8. The average Bonchev–Trinajstić information content (AvgIpc) is 1.50. The van der Waals surface area contributed by atoms with Crippen LogP contribution in [0.3, 0.4) is 0 Å². The van der Waals surface area contributed by atoms with E-state index in [0.29, 0.717) is 121 Å². The maximum Gasteiger partial charge on any atom is 0.120 e. The minimum atomic E-state index is 0.249. The van der Waals surface area contributed by atoms with E-state index in [1.165, 1.54) is 0 Å². The van der Waals surface area contributed by atoms with Gasteiger partial charge in [-0.15, -0.1) is 42.1 Å². The molecule has 138 heavy (non-hydrogen) atoms. The van der Waals surface area contributed by atoms with Crippen LogP contribution in [0, 0.1) is 0 Å². The first-order chi connectivity index (χ1) is 66.6. The smallest absolute Gasteiger partial charge is 0.120 e. The lowest BCUT2D eigenvalue weighted by Crippen LogP contribution is -2.37. The van der Waals surface area contributed by atoms with Gasteiger partial charge in [-0.1, -0.05) is 86.8 Å². The predicted molar refractivity (Wildman–Crippen MR) is 531 cm³/mol. The van der Waals surface area contributed by atoms with Gasteiger partial charge in [0.05, 0.1) is 129 Å². The highest BCUT2D eigenvalue weighted by Gasteiger charge is 2.22. The standard InChI is InChI=1S/C100H138N32O6/c1-117(2)55-87-63-125(109-101-87)47-75-29-76(48-126-64-88(102-110-126)56-118(3)4)36-97(35-75)135-71-83-33-84(72-136-98-37-77(49-127-65-89(103-111-127)57-119(5)6)30-78(38-98)50-128-66-90(104-112-128)58-120(7)8)44-95(43-83)133-27-25-23-21-19-17-18-20-22-24-26-28-134-96-45-85(73-137-99-39-79(51-129-67-91(105-113-129)59-121(9)10)31-80(40-99)52-130-68-92(106-114-130)60-122(11)12)34-86(46-96)74-138-100-41-81(53-131-69-93(107-115-131)61-123(13)14)32-82(42-100)54-132-70-94(108-116-132)62-124(15)16/h17-18,23-26,29-46,63-70,101-102,105,109-110,113H,19-22,27-28,47-62,71-74H2,1-16H3. The van der Waals surface area contributed by atoms with Gasteiger partial charge in [-0.05, 0) is 290 Å². The van der Waals surface area contributed by atoms with Gasteiger partial charge in [0.2, 0.25) is 0 Å². The molecule has 5 aromatic heterocycles. The summed E-state index contributed by atoms with van der Waals surface area (Å²) in [7, 11) is 32.6. The van der Waals surface area contributed by atoms with Crippen LogP contribution in [0.2, 0.25) is 0 Å². The summed E-state index contributed by atoms with van der Waals surface area (Å²) in [5.74, 6) is 4.26. The maximum absolute atomic E-state index is 6.84. The molecule has 0 aliphatic carbocycles. The highest BCUT2D eigenvalue weighted by Crippen LogP contribution is 2.31. The summed E-state index contributed by atoms with van der Waals surface area (Å²) in [5.41, 5.74) is 39.5. The Morgan fingerprint density at radius 2 is 0.428 bits per heavy atom. The van der Waals surface area contributed by atoms with Gasteiger partial charge in [-0.25, -0.2) is 23.4 Å². The Bertz CT molecular complexity index is 5720. The molecule has 0 saturated carbocycles. The third kappa shape index (κ3) is 33.8. The molecule has 0 spiro atoms. The number of nitrogens with zero attached hydrogens (tertiary/aromatic N) is 26. The molecule has 734 valence electrons. The Labute approximate surface area is 811 Å². The van der Waals surface area contributed by atoms with Gasteiger partial charge < -0.3 is 83.9 Å². The minimum Gasteiger partial charge on any atom is -0.490 e. The third-order valence-corrected chi connectivity index (χ3v) is 21.5. The van der Waals surface area contributed by atoms with Crippen molar-refractivity contribution >= 4 is 0 Å². The van der Waals surface area contributed by atoms with Crippen LogP contribution in [0.25, 0.3) is 0 Å². The molecule has 8 heterocycles. The molecule has 0 amide bonds. The van der Waals surface area contributed by atoms with Gasteiger partial charge in [-0.3, -0.25) is 15.0 Å². The summed E-state index contributed by atoms with van der Waals surface area (Å²) in [6.45, 7) is 11.7. The minimum absolute atomic E-state index is 0.249. The number of likely N-dealkylation sites (N-methyl/N-ethyl adjacent to an activating group) is 3. The summed E-state index contributed by atoms with van der Waals surface area (Å²) >= 11 is 0. The number of allylic oxidation sites excluding steroid dienone is 4. The molecule has 6 aromatic carbocycles. The summed E-state index contributed by atoms with van der Waals surface area (Å²) in [6, 6.07) is 37.9. The van der Waals surface area contributed by atoms with Crippen molar-refractivity contribution in [2.75, 3.05) is 146 Å². The van der Waals surface area contributed by atoms with Crippen molar-refractivity contribution < 1.29 is 28.4 Å². The lowest BCUT2D eigenvalue weighted by atomic mass is 10.1. The lowest BCUT2D eigenvalue weighted by Gasteiger charge is -2.20. The molecular formula is C100H138N32O6. The Balaban J connectivity index is 0.640. The molecule has 3 aliphatic heterocycles. The van der Waals surface area contributed by atoms with Crippen LogP contribution in [0.15, 0.2) is 212 Å².